The first-order valence-electron chi connectivity index (χ1n) is 8.56. The Labute approximate surface area is 155 Å². The molecule has 140 valence electrons. The maximum absolute atomic E-state index is 12.6. The molecule has 1 aromatic carbocycles. The van der Waals surface area contributed by atoms with Gasteiger partial charge in [-0.25, -0.2) is 13.1 Å². The minimum absolute atomic E-state index is 0. The number of fused-ring (bicyclic) bond motifs is 1. The van der Waals surface area contributed by atoms with Crippen molar-refractivity contribution in [3.63, 3.8) is 0 Å². The fourth-order valence-electron chi connectivity index (χ4n) is 3.41. The summed E-state index contributed by atoms with van der Waals surface area (Å²) in [6, 6.07) is 5.37. The topological polar surface area (TPSA) is 78.5 Å². The van der Waals surface area contributed by atoms with E-state index in [1.165, 1.54) is 0 Å². The van der Waals surface area contributed by atoms with Gasteiger partial charge in [0.2, 0.25) is 15.9 Å². The van der Waals surface area contributed by atoms with Crippen molar-refractivity contribution in [3.8, 4) is 0 Å². The number of amides is 1. The molecule has 2 aliphatic rings. The van der Waals surface area contributed by atoms with Crippen LogP contribution < -0.4 is 10.0 Å². The molecule has 0 bridgehead atoms. The molecule has 0 aliphatic carbocycles. The van der Waals surface area contributed by atoms with Crippen LogP contribution in [0.5, 0.6) is 0 Å². The van der Waals surface area contributed by atoms with E-state index in [4.69, 9.17) is 0 Å². The van der Waals surface area contributed by atoms with E-state index in [9.17, 15) is 13.2 Å². The van der Waals surface area contributed by atoms with Crippen LogP contribution in [0.15, 0.2) is 23.1 Å². The van der Waals surface area contributed by atoms with Gasteiger partial charge in [0.05, 0.1) is 4.90 Å². The molecule has 2 N–H and O–H groups in total. The van der Waals surface area contributed by atoms with Crippen LogP contribution in [0.2, 0.25) is 0 Å². The third-order valence-electron chi connectivity index (χ3n) is 4.90. The number of halogens is 1. The number of rotatable bonds is 3. The molecule has 0 unspecified atom stereocenters. The van der Waals surface area contributed by atoms with Crippen molar-refractivity contribution in [1.82, 2.24) is 14.9 Å². The highest BCUT2D eigenvalue weighted by Gasteiger charge is 2.23. The smallest absolute Gasteiger partial charge is 0.240 e. The third kappa shape index (κ3) is 4.94. The Kier molecular flexibility index (Phi) is 6.85. The molecule has 3 rings (SSSR count). The van der Waals surface area contributed by atoms with Crippen molar-refractivity contribution in [2.75, 3.05) is 26.2 Å². The molecule has 0 aromatic heterocycles. The molecule has 0 atom stereocenters. The highest BCUT2D eigenvalue weighted by atomic mass is 35.5. The predicted molar refractivity (Wildman–Crippen MR) is 99.6 cm³/mol. The monoisotopic (exact) mass is 387 g/mol. The van der Waals surface area contributed by atoms with E-state index < -0.39 is 10.0 Å². The number of carbonyl (C=O) groups is 1. The lowest BCUT2D eigenvalue weighted by atomic mass is 10.0. The van der Waals surface area contributed by atoms with Gasteiger partial charge in [-0.1, -0.05) is 6.07 Å². The van der Waals surface area contributed by atoms with Gasteiger partial charge < -0.3 is 10.2 Å². The molecular weight excluding hydrogens is 362 g/mol. The van der Waals surface area contributed by atoms with Gasteiger partial charge in [0, 0.05) is 26.1 Å². The molecule has 2 aliphatic heterocycles. The number of piperidine rings is 1. The summed E-state index contributed by atoms with van der Waals surface area (Å²) in [4.78, 5) is 13.7. The highest BCUT2D eigenvalue weighted by molar-refractivity contribution is 7.89. The van der Waals surface area contributed by atoms with Crippen molar-refractivity contribution >= 4 is 28.3 Å². The van der Waals surface area contributed by atoms with Gasteiger partial charge >= 0.3 is 0 Å². The average molecular weight is 388 g/mol. The van der Waals surface area contributed by atoms with Gasteiger partial charge in [-0.15, -0.1) is 12.4 Å². The largest absolute Gasteiger partial charge is 0.342 e. The quantitative estimate of drug-likeness (QED) is 0.813. The number of carbonyl (C=O) groups excluding carboxylic acids is 1. The molecule has 0 spiro atoms. The minimum atomic E-state index is -3.49. The maximum atomic E-state index is 12.6. The lowest BCUT2D eigenvalue weighted by Crippen LogP contribution is -2.42. The number of nitrogens with one attached hydrogen (secondary N) is 2. The van der Waals surface area contributed by atoms with E-state index in [1.54, 1.807) is 19.1 Å². The van der Waals surface area contributed by atoms with Crippen molar-refractivity contribution in [2.24, 2.45) is 0 Å². The van der Waals surface area contributed by atoms with Crippen LogP contribution >= 0.6 is 12.4 Å². The maximum Gasteiger partial charge on any atom is 0.240 e. The predicted octanol–water partition coefficient (Wildman–Crippen LogP) is 1.09. The summed E-state index contributed by atoms with van der Waals surface area (Å²) in [6.45, 7) is 4.61. The summed E-state index contributed by atoms with van der Waals surface area (Å²) in [5.41, 5.74) is 2.17. The summed E-state index contributed by atoms with van der Waals surface area (Å²) in [6.07, 6.45) is 3.11. The Morgan fingerprint density at radius 3 is 2.44 bits per heavy atom. The standard InChI is InChI=1S/C17H25N3O3S.ClH/c1-13(21)20-10-6-14-2-3-17(12-15(14)7-11-20)24(22,23)19-16-4-8-18-9-5-16;/h2-3,12,16,18-19H,4-11H2,1H3;1H. The van der Waals surface area contributed by atoms with E-state index in [0.717, 1.165) is 43.5 Å². The summed E-state index contributed by atoms with van der Waals surface area (Å²) in [5.74, 6) is 0.0724. The van der Waals surface area contributed by atoms with Crippen molar-refractivity contribution in [2.45, 2.75) is 43.5 Å². The second-order valence-electron chi connectivity index (χ2n) is 6.58. The van der Waals surface area contributed by atoms with Gasteiger partial charge in [0.1, 0.15) is 0 Å². The van der Waals surface area contributed by atoms with Gasteiger partial charge in [-0.2, -0.15) is 0 Å². The Morgan fingerprint density at radius 1 is 1.16 bits per heavy atom. The van der Waals surface area contributed by atoms with Crippen molar-refractivity contribution < 1.29 is 13.2 Å². The van der Waals surface area contributed by atoms with Crippen LogP contribution in [0.1, 0.15) is 30.9 Å². The van der Waals surface area contributed by atoms with Gasteiger partial charge in [0.25, 0.3) is 0 Å². The first kappa shape index (κ1) is 20.2. The molecule has 0 saturated carbocycles. The molecule has 1 amide bonds. The number of benzene rings is 1. The van der Waals surface area contributed by atoms with E-state index >= 15 is 0 Å². The fraction of sp³-hybridized carbons (Fsp3) is 0.588. The average Bonchev–Trinajstić information content (AvgIpc) is 2.77. The second kappa shape index (κ2) is 8.49. The van der Waals surface area contributed by atoms with E-state index in [0.29, 0.717) is 24.4 Å². The number of nitrogens with zero attached hydrogens (tertiary/aromatic N) is 1. The Balaban J connectivity index is 0.00000225. The third-order valence-corrected chi connectivity index (χ3v) is 6.41. The normalized spacial score (nSPS) is 18.8. The minimum Gasteiger partial charge on any atom is -0.342 e. The van der Waals surface area contributed by atoms with Crippen LogP contribution in [0.4, 0.5) is 0 Å². The summed E-state index contributed by atoms with van der Waals surface area (Å²) in [5, 5.41) is 3.23. The Morgan fingerprint density at radius 2 is 1.80 bits per heavy atom. The van der Waals surface area contributed by atoms with E-state index in [2.05, 4.69) is 10.0 Å². The molecule has 1 aromatic rings. The van der Waals surface area contributed by atoms with Crippen molar-refractivity contribution in [3.05, 3.63) is 29.3 Å². The van der Waals surface area contributed by atoms with Crippen LogP contribution in [0, 0.1) is 0 Å². The Bertz CT molecular complexity index is 718. The SMILES string of the molecule is CC(=O)N1CCc2ccc(S(=O)(=O)NC3CCNCC3)cc2CC1.Cl. The highest BCUT2D eigenvalue weighted by Crippen LogP contribution is 2.21. The second-order valence-corrected chi connectivity index (χ2v) is 8.30. The summed E-state index contributed by atoms with van der Waals surface area (Å²) < 4.78 is 28.1. The van der Waals surface area contributed by atoms with E-state index in [-0.39, 0.29) is 24.4 Å². The zero-order valence-corrected chi connectivity index (χ0v) is 16.1. The molecule has 25 heavy (non-hydrogen) atoms. The molecule has 8 heteroatoms. The molecule has 1 fully saturated rings. The zero-order valence-electron chi connectivity index (χ0n) is 14.5. The molecule has 1 saturated heterocycles. The lowest BCUT2D eigenvalue weighted by molar-refractivity contribution is -0.128. The first-order valence-corrected chi connectivity index (χ1v) is 10.0. The Hall–Kier alpha value is -1.15. The fourth-order valence-corrected chi connectivity index (χ4v) is 4.77. The molecule has 2 heterocycles. The van der Waals surface area contributed by atoms with Crippen LogP contribution in [0.25, 0.3) is 0 Å². The van der Waals surface area contributed by atoms with Gasteiger partial charge in [0.15, 0.2) is 0 Å². The molecular formula is C17H26ClN3O3S. The van der Waals surface area contributed by atoms with Crippen LogP contribution in [-0.2, 0) is 27.7 Å². The summed E-state index contributed by atoms with van der Waals surface area (Å²) in [7, 11) is -3.49. The molecule has 0 radical (unpaired) electrons. The lowest BCUT2D eigenvalue weighted by Gasteiger charge is -2.23. The number of hydrogen-bond donors (Lipinski definition) is 2. The van der Waals surface area contributed by atoms with Gasteiger partial charge in [-0.05, 0) is 62.0 Å². The zero-order chi connectivity index (χ0) is 17.2. The summed E-state index contributed by atoms with van der Waals surface area (Å²) >= 11 is 0. The first-order chi connectivity index (χ1) is 11.5. The van der Waals surface area contributed by atoms with Gasteiger partial charge in [-0.3, -0.25) is 4.79 Å². The van der Waals surface area contributed by atoms with Crippen LogP contribution in [-0.4, -0.2) is 51.4 Å². The van der Waals surface area contributed by atoms with Crippen LogP contribution in [0.3, 0.4) is 0 Å². The van der Waals surface area contributed by atoms with Crippen molar-refractivity contribution in [1.29, 1.82) is 0 Å². The molecule has 6 nitrogen and oxygen atoms in total. The number of hydrogen-bond acceptors (Lipinski definition) is 4. The van der Waals surface area contributed by atoms with E-state index in [1.807, 2.05) is 11.0 Å². The number of sulfonamides is 1.